The maximum atomic E-state index is 12.8. The molecular weight excluding hydrogens is 440 g/mol. The normalized spacial score (nSPS) is 10.4. The second-order valence-corrected chi connectivity index (χ2v) is 7.08. The smallest absolute Gasteiger partial charge is 0.275 e. The van der Waals surface area contributed by atoms with Gasteiger partial charge in [0, 0.05) is 17.7 Å². The van der Waals surface area contributed by atoms with Crippen LogP contribution in [-0.4, -0.2) is 35.2 Å². The van der Waals surface area contributed by atoms with E-state index in [9.17, 15) is 14.9 Å². The molecule has 0 unspecified atom stereocenters. The van der Waals surface area contributed by atoms with E-state index in [-0.39, 0.29) is 22.8 Å². The van der Waals surface area contributed by atoms with Gasteiger partial charge in [-0.25, -0.2) is 0 Å². The molecule has 0 aliphatic heterocycles. The monoisotopic (exact) mass is 460 g/mol. The Morgan fingerprint density at radius 2 is 1.68 bits per heavy atom. The van der Waals surface area contributed by atoms with Crippen LogP contribution >= 0.6 is 0 Å². The summed E-state index contributed by atoms with van der Waals surface area (Å²) in [5, 5.41) is 20.9. The lowest BCUT2D eigenvalue weighted by molar-refractivity contribution is -0.384. The molecule has 4 aromatic rings. The predicted molar refractivity (Wildman–Crippen MR) is 125 cm³/mol. The zero-order chi connectivity index (χ0) is 24.1. The first-order valence-corrected chi connectivity index (χ1v) is 10.1. The minimum atomic E-state index is -0.567. The lowest BCUT2D eigenvalue weighted by atomic mass is 10.1. The molecule has 0 aliphatic rings. The largest absolute Gasteiger partial charge is 0.497 e. The fourth-order valence-electron chi connectivity index (χ4n) is 3.20. The molecule has 4 rings (SSSR count). The number of rotatable bonds is 8. The van der Waals surface area contributed by atoms with Crippen molar-refractivity contribution in [1.29, 1.82) is 0 Å². The second kappa shape index (κ2) is 9.74. The molecule has 0 spiro atoms. The van der Waals surface area contributed by atoms with Crippen molar-refractivity contribution in [1.82, 2.24) is 10.2 Å². The lowest BCUT2D eigenvalue weighted by Gasteiger charge is -2.11. The number of hydrogen-bond acceptors (Lipinski definition) is 7. The van der Waals surface area contributed by atoms with Crippen LogP contribution in [0.15, 0.2) is 72.8 Å². The quantitative estimate of drug-likeness (QED) is 0.278. The molecular formula is C24H20N4O6. The molecule has 0 radical (unpaired) electrons. The summed E-state index contributed by atoms with van der Waals surface area (Å²) in [6.45, 7) is 0. The number of carbonyl (C=O) groups excluding carboxylic acids is 1. The number of para-hydroxylation sites is 2. The van der Waals surface area contributed by atoms with Crippen LogP contribution < -0.4 is 19.5 Å². The van der Waals surface area contributed by atoms with Gasteiger partial charge < -0.3 is 19.5 Å². The number of nitrogens with one attached hydrogen (secondary N) is 2. The van der Waals surface area contributed by atoms with Crippen LogP contribution in [0.5, 0.6) is 23.0 Å². The Morgan fingerprint density at radius 1 is 0.941 bits per heavy atom. The second-order valence-electron chi connectivity index (χ2n) is 7.08. The Bertz CT molecular complexity index is 1330. The van der Waals surface area contributed by atoms with Crippen molar-refractivity contribution in [2.24, 2.45) is 0 Å². The van der Waals surface area contributed by atoms with E-state index < -0.39 is 10.8 Å². The van der Waals surface area contributed by atoms with Crippen LogP contribution in [0.2, 0.25) is 0 Å². The molecule has 0 aliphatic carbocycles. The molecule has 10 nitrogen and oxygen atoms in total. The van der Waals surface area contributed by atoms with E-state index >= 15 is 0 Å². The van der Waals surface area contributed by atoms with Gasteiger partial charge in [0.2, 0.25) is 0 Å². The van der Waals surface area contributed by atoms with E-state index in [1.165, 1.54) is 25.3 Å². The summed E-state index contributed by atoms with van der Waals surface area (Å²) in [5.41, 5.74) is 1.48. The van der Waals surface area contributed by atoms with E-state index in [1.807, 2.05) is 12.1 Å². The average molecular weight is 460 g/mol. The molecule has 10 heteroatoms. The molecule has 0 atom stereocenters. The summed E-state index contributed by atoms with van der Waals surface area (Å²) >= 11 is 0. The van der Waals surface area contributed by atoms with Crippen molar-refractivity contribution >= 4 is 17.3 Å². The van der Waals surface area contributed by atoms with E-state index in [4.69, 9.17) is 14.2 Å². The highest BCUT2D eigenvalue weighted by Gasteiger charge is 2.16. The summed E-state index contributed by atoms with van der Waals surface area (Å²) in [5.74, 6) is 1.19. The van der Waals surface area contributed by atoms with Crippen molar-refractivity contribution in [2.45, 2.75) is 0 Å². The van der Waals surface area contributed by atoms with Gasteiger partial charge in [-0.05, 0) is 42.5 Å². The maximum Gasteiger partial charge on any atom is 0.275 e. The highest BCUT2D eigenvalue weighted by molar-refractivity contribution is 6.03. The average Bonchev–Trinajstić information content (AvgIpc) is 3.35. The molecule has 3 aromatic carbocycles. The number of carbonyl (C=O) groups is 1. The Labute approximate surface area is 194 Å². The number of benzene rings is 3. The number of methoxy groups -OCH3 is 2. The standard InChI is InChI=1S/C24H20N4O6/c1-32-18-9-7-15(8-10-18)20-14-21(27-26-20)24(29)25-16-11-17(28(30)31)13-19(12-16)34-23-6-4-3-5-22(23)33-2/h3-14H,1-2H3,(H,25,29)(H,26,27). The Kier molecular flexibility index (Phi) is 6.40. The molecule has 0 fully saturated rings. The van der Waals surface area contributed by atoms with Crippen molar-refractivity contribution in [3.05, 3.63) is 88.6 Å². The van der Waals surface area contributed by atoms with Gasteiger partial charge in [0.15, 0.2) is 11.5 Å². The van der Waals surface area contributed by atoms with Gasteiger partial charge in [-0.1, -0.05) is 12.1 Å². The SMILES string of the molecule is COc1ccc(-c2cc(C(=O)Nc3cc(Oc4ccccc4OC)cc([N+](=O)[O-])c3)[nH]n2)cc1. The zero-order valence-corrected chi connectivity index (χ0v) is 18.3. The fourth-order valence-corrected chi connectivity index (χ4v) is 3.20. The molecule has 1 heterocycles. The summed E-state index contributed by atoms with van der Waals surface area (Å²) < 4.78 is 16.2. The van der Waals surface area contributed by atoms with Crippen molar-refractivity contribution in [2.75, 3.05) is 19.5 Å². The first-order valence-electron chi connectivity index (χ1n) is 10.1. The molecule has 34 heavy (non-hydrogen) atoms. The van der Waals surface area contributed by atoms with Crippen LogP contribution in [0.4, 0.5) is 11.4 Å². The van der Waals surface area contributed by atoms with Crippen molar-refractivity contribution < 1.29 is 23.9 Å². The summed E-state index contributed by atoms with van der Waals surface area (Å²) in [6.07, 6.45) is 0. The number of nitro benzene ring substituents is 1. The van der Waals surface area contributed by atoms with Crippen LogP contribution in [0, 0.1) is 10.1 Å². The van der Waals surface area contributed by atoms with Gasteiger partial charge in [0.1, 0.15) is 17.2 Å². The van der Waals surface area contributed by atoms with Gasteiger partial charge in [-0.2, -0.15) is 5.10 Å². The fraction of sp³-hybridized carbons (Fsp3) is 0.0833. The van der Waals surface area contributed by atoms with Crippen molar-refractivity contribution in [3.8, 4) is 34.3 Å². The van der Waals surface area contributed by atoms with Gasteiger partial charge in [0.25, 0.3) is 11.6 Å². The predicted octanol–water partition coefficient (Wildman–Crippen LogP) is 5.05. The van der Waals surface area contributed by atoms with Gasteiger partial charge in [-0.3, -0.25) is 20.0 Å². The third-order valence-electron chi connectivity index (χ3n) is 4.87. The Balaban J connectivity index is 1.56. The number of anilines is 1. The number of nitro groups is 1. The number of amides is 1. The number of H-pyrrole nitrogens is 1. The van der Waals surface area contributed by atoms with E-state index in [0.29, 0.717) is 22.9 Å². The summed E-state index contributed by atoms with van der Waals surface area (Å²) in [7, 11) is 3.07. The Hall–Kier alpha value is -4.86. The zero-order valence-electron chi connectivity index (χ0n) is 18.3. The van der Waals surface area contributed by atoms with E-state index in [2.05, 4.69) is 15.5 Å². The molecule has 0 saturated carbocycles. The van der Waals surface area contributed by atoms with Crippen molar-refractivity contribution in [3.63, 3.8) is 0 Å². The topological polar surface area (TPSA) is 129 Å². The summed E-state index contributed by atoms with van der Waals surface area (Å²) in [6, 6.07) is 19.7. The number of hydrogen-bond donors (Lipinski definition) is 2. The van der Waals surface area contributed by atoms with Crippen LogP contribution in [0.1, 0.15) is 10.5 Å². The minimum absolute atomic E-state index is 0.164. The van der Waals surface area contributed by atoms with E-state index in [1.54, 1.807) is 49.6 Å². The van der Waals surface area contributed by atoms with Crippen LogP contribution in [0.25, 0.3) is 11.3 Å². The van der Waals surface area contributed by atoms with Crippen LogP contribution in [-0.2, 0) is 0 Å². The lowest BCUT2D eigenvalue weighted by Crippen LogP contribution is -2.12. The highest BCUT2D eigenvalue weighted by Crippen LogP contribution is 2.34. The molecule has 1 amide bonds. The molecule has 0 saturated heterocycles. The van der Waals surface area contributed by atoms with Gasteiger partial charge in [-0.15, -0.1) is 0 Å². The molecule has 172 valence electrons. The molecule has 1 aromatic heterocycles. The molecule has 0 bridgehead atoms. The number of aromatic nitrogens is 2. The van der Waals surface area contributed by atoms with Gasteiger partial charge in [0.05, 0.1) is 36.6 Å². The molecule has 2 N–H and O–H groups in total. The Morgan fingerprint density at radius 3 is 2.35 bits per heavy atom. The highest BCUT2D eigenvalue weighted by atomic mass is 16.6. The van der Waals surface area contributed by atoms with Gasteiger partial charge >= 0.3 is 0 Å². The third-order valence-corrected chi connectivity index (χ3v) is 4.87. The number of ether oxygens (including phenoxy) is 3. The maximum absolute atomic E-state index is 12.8. The van der Waals surface area contributed by atoms with Crippen LogP contribution in [0.3, 0.4) is 0 Å². The van der Waals surface area contributed by atoms with E-state index in [0.717, 1.165) is 5.56 Å². The first-order chi connectivity index (χ1) is 16.5. The first kappa shape index (κ1) is 22.3. The number of nitrogens with zero attached hydrogens (tertiary/aromatic N) is 2. The number of aromatic amines is 1. The summed E-state index contributed by atoms with van der Waals surface area (Å²) in [4.78, 5) is 23.6. The number of non-ortho nitro benzene ring substituents is 1. The minimum Gasteiger partial charge on any atom is -0.497 e. The third kappa shape index (κ3) is 4.96.